The third kappa shape index (κ3) is 6.21. The van der Waals surface area contributed by atoms with E-state index in [1.807, 2.05) is 0 Å². The SMILES string of the molecule is C=C(CC)CC/C(C)=C\CCC. The summed E-state index contributed by atoms with van der Waals surface area (Å²) in [6.45, 7) is 10.6. The molecule has 0 nitrogen and oxygen atoms in total. The van der Waals surface area contributed by atoms with Gasteiger partial charge in [-0.3, -0.25) is 0 Å². The Balaban J connectivity index is 3.55. The van der Waals surface area contributed by atoms with Crippen LogP contribution in [-0.4, -0.2) is 0 Å². The maximum Gasteiger partial charge on any atom is -0.0286 e. The monoisotopic (exact) mass is 166 g/mol. The van der Waals surface area contributed by atoms with Gasteiger partial charge in [-0.15, -0.1) is 0 Å². The Kier molecular flexibility index (Phi) is 6.84. The van der Waals surface area contributed by atoms with Gasteiger partial charge in [0.05, 0.1) is 0 Å². The van der Waals surface area contributed by atoms with Gasteiger partial charge in [0.15, 0.2) is 0 Å². The van der Waals surface area contributed by atoms with Gasteiger partial charge >= 0.3 is 0 Å². The average molecular weight is 166 g/mol. The van der Waals surface area contributed by atoms with Gasteiger partial charge in [-0.1, -0.05) is 44.1 Å². The second kappa shape index (κ2) is 7.15. The van der Waals surface area contributed by atoms with E-state index in [4.69, 9.17) is 0 Å². The largest absolute Gasteiger partial charge is 0.0999 e. The molecule has 0 aliphatic rings. The molecule has 0 aromatic carbocycles. The fourth-order valence-corrected chi connectivity index (χ4v) is 1.04. The highest BCUT2D eigenvalue weighted by atomic mass is 14.0. The maximum atomic E-state index is 4.00. The fraction of sp³-hybridized carbons (Fsp3) is 0.667. The number of allylic oxidation sites excluding steroid dienone is 3. The zero-order chi connectivity index (χ0) is 9.40. The molecule has 0 amide bonds. The lowest BCUT2D eigenvalue weighted by Crippen LogP contribution is -1.82. The van der Waals surface area contributed by atoms with Crippen molar-refractivity contribution in [3.63, 3.8) is 0 Å². The summed E-state index contributed by atoms with van der Waals surface area (Å²) in [7, 11) is 0. The van der Waals surface area contributed by atoms with Crippen LogP contribution in [0.4, 0.5) is 0 Å². The van der Waals surface area contributed by atoms with E-state index in [1.54, 1.807) is 0 Å². The minimum absolute atomic E-state index is 1.13. The first-order chi connectivity index (χ1) is 5.70. The normalized spacial score (nSPS) is 11.8. The molecule has 0 unspecified atom stereocenters. The van der Waals surface area contributed by atoms with Crippen LogP contribution in [0.3, 0.4) is 0 Å². The predicted molar refractivity (Wildman–Crippen MR) is 57.3 cm³/mol. The van der Waals surface area contributed by atoms with Gasteiger partial charge in [0.2, 0.25) is 0 Å². The summed E-state index contributed by atoms with van der Waals surface area (Å²) in [4.78, 5) is 0. The first-order valence-electron chi connectivity index (χ1n) is 5.03. The zero-order valence-corrected chi connectivity index (χ0v) is 8.82. The van der Waals surface area contributed by atoms with Gasteiger partial charge in [0, 0.05) is 0 Å². The molecule has 0 fully saturated rings. The molecule has 0 radical (unpaired) electrons. The lowest BCUT2D eigenvalue weighted by Gasteiger charge is -2.02. The molecule has 0 heteroatoms. The Bertz CT molecular complexity index is 151. The molecule has 0 N–H and O–H groups in total. The van der Waals surface area contributed by atoms with Crippen LogP contribution in [0.1, 0.15) is 52.9 Å². The van der Waals surface area contributed by atoms with Crippen molar-refractivity contribution in [2.75, 3.05) is 0 Å². The van der Waals surface area contributed by atoms with Crippen molar-refractivity contribution < 1.29 is 0 Å². The van der Waals surface area contributed by atoms with E-state index in [2.05, 4.69) is 33.4 Å². The first-order valence-corrected chi connectivity index (χ1v) is 5.03. The van der Waals surface area contributed by atoms with Crippen molar-refractivity contribution in [1.29, 1.82) is 0 Å². The molecule has 0 rings (SSSR count). The van der Waals surface area contributed by atoms with E-state index >= 15 is 0 Å². The minimum Gasteiger partial charge on any atom is -0.0999 e. The summed E-state index contributed by atoms with van der Waals surface area (Å²) >= 11 is 0. The lowest BCUT2D eigenvalue weighted by molar-refractivity contribution is 0.861. The number of unbranched alkanes of at least 4 members (excludes halogenated alkanes) is 1. The van der Waals surface area contributed by atoms with Crippen molar-refractivity contribution >= 4 is 0 Å². The minimum atomic E-state index is 1.13. The van der Waals surface area contributed by atoms with E-state index in [-0.39, 0.29) is 0 Å². The van der Waals surface area contributed by atoms with Crippen LogP contribution in [-0.2, 0) is 0 Å². The Hall–Kier alpha value is -0.520. The first kappa shape index (κ1) is 11.5. The smallest absolute Gasteiger partial charge is 0.0286 e. The quantitative estimate of drug-likeness (QED) is 0.510. The fourth-order valence-electron chi connectivity index (χ4n) is 1.04. The van der Waals surface area contributed by atoms with Crippen molar-refractivity contribution in [3.8, 4) is 0 Å². The summed E-state index contributed by atoms with van der Waals surface area (Å²) in [5.41, 5.74) is 2.89. The molecular weight excluding hydrogens is 144 g/mol. The molecule has 0 atom stereocenters. The Morgan fingerprint density at radius 3 is 2.42 bits per heavy atom. The highest BCUT2D eigenvalue weighted by Crippen LogP contribution is 2.12. The molecule has 0 saturated carbocycles. The predicted octanol–water partition coefficient (Wildman–Crippen LogP) is 4.48. The Labute approximate surface area is 77.4 Å². The molecule has 0 aromatic rings. The van der Waals surface area contributed by atoms with Gasteiger partial charge in [0.25, 0.3) is 0 Å². The molecule has 0 bridgehead atoms. The average Bonchev–Trinajstić information content (AvgIpc) is 2.10. The van der Waals surface area contributed by atoms with Crippen molar-refractivity contribution in [2.45, 2.75) is 52.9 Å². The summed E-state index contributed by atoms with van der Waals surface area (Å²) in [6.07, 6.45) is 8.33. The number of rotatable bonds is 6. The highest BCUT2D eigenvalue weighted by Gasteiger charge is 1.92. The number of hydrogen-bond donors (Lipinski definition) is 0. The molecule has 0 spiro atoms. The third-order valence-electron chi connectivity index (χ3n) is 2.15. The van der Waals surface area contributed by atoms with E-state index in [0.29, 0.717) is 0 Å². The molecule has 0 aromatic heterocycles. The second-order valence-corrected chi connectivity index (χ2v) is 3.44. The summed E-state index contributed by atoms with van der Waals surface area (Å²) < 4.78 is 0. The molecule has 0 aliphatic heterocycles. The van der Waals surface area contributed by atoms with Crippen molar-refractivity contribution in [1.82, 2.24) is 0 Å². The lowest BCUT2D eigenvalue weighted by atomic mass is 10.0. The van der Waals surface area contributed by atoms with Crippen LogP contribution >= 0.6 is 0 Å². The van der Waals surface area contributed by atoms with Gasteiger partial charge in [-0.05, 0) is 32.6 Å². The van der Waals surface area contributed by atoms with Gasteiger partial charge in [0.1, 0.15) is 0 Å². The van der Waals surface area contributed by atoms with E-state index < -0.39 is 0 Å². The zero-order valence-electron chi connectivity index (χ0n) is 8.82. The van der Waals surface area contributed by atoms with E-state index in [9.17, 15) is 0 Å². The van der Waals surface area contributed by atoms with Crippen molar-refractivity contribution in [2.24, 2.45) is 0 Å². The molecular formula is C12H22. The molecule has 12 heavy (non-hydrogen) atoms. The summed E-state index contributed by atoms with van der Waals surface area (Å²) in [5, 5.41) is 0. The highest BCUT2D eigenvalue weighted by molar-refractivity contribution is 5.03. The topological polar surface area (TPSA) is 0 Å². The van der Waals surface area contributed by atoms with E-state index in [0.717, 1.165) is 6.42 Å². The van der Waals surface area contributed by atoms with Crippen LogP contribution in [0.2, 0.25) is 0 Å². The number of hydrogen-bond acceptors (Lipinski definition) is 0. The Morgan fingerprint density at radius 1 is 1.25 bits per heavy atom. The van der Waals surface area contributed by atoms with Gasteiger partial charge in [-0.2, -0.15) is 0 Å². The van der Waals surface area contributed by atoms with Crippen LogP contribution in [0.5, 0.6) is 0 Å². The van der Waals surface area contributed by atoms with Crippen LogP contribution in [0, 0.1) is 0 Å². The van der Waals surface area contributed by atoms with Crippen LogP contribution in [0.15, 0.2) is 23.8 Å². The molecule has 0 aliphatic carbocycles. The van der Waals surface area contributed by atoms with Crippen LogP contribution in [0.25, 0.3) is 0 Å². The summed E-state index contributed by atoms with van der Waals surface area (Å²) in [5.74, 6) is 0. The van der Waals surface area contributed by atoms with Crippen molar-refractivity contribution in [3.05, 3.63) is 23.8 Å². The van der Waals surface area contributed by atoms with E-state index in [1.165, 1.54) is 36.8 Å². The molecule has 70 valence electrons. The maximum absolute atomic E-state index is 4.00. The van der Waals surface area contributed by atoms with Gasteiger partial charge < -0.3 is 0 Å². The third-order valence-corrected chi connectivity index (χ3v) is 2.15. The molecule has 0 heterocycles. The van der Waals surface area contributed by atoms with Gasteiger partial charge in [-0.25, -0.2) is 0 Å². The summed E-state index contributed by atoms with van der Waals surface area (Å²) in [6, 6.07) is 0. The Morgan fingerprint density at radius 2 is 1.92 bits per heavy atom. The molecule has 0 saturated heterocycles. The second-order valence-electron chi connectivity index (χ2n) is 3.44. The van der Waals surface area contributed by atoms with Crippen LogP contribution < -0.4 is 0 Å². The standard InChI is InChI=1S/C12H22/c1-5-7-8-12(4)10-9-11(3)6-2/h8H,3,5-7,9-10H2,1-2,4H3/b12-8-.